The lowest BCUT2D eigenvalue weighted by Crippen LogP contribution is -2.23. The van der Waals surface area contributed by atoms with Crippen LogP contribution in [0.3, 0.4) is 0 Å². The van der Waals surface area contributed by atoms with Gasteiger partial charge in [0.25, 0.3) is 0 Å². The third kappa shape index (κ3) is 22.6. The molecule has 25 heavy (non-hydrogen) atoms. The van der Waals surface area contributed by atoms with Crippen molar-refractivity contribution >= 4 is 11.9 Å². The molecule has 0 amide bonds. The second kappa shape index (κ2) is 19.0. The lowest BCUT2D eigenvalue weighted by Gasteiger charge is -2.02. The Morgan fingerprint density at radius 2 is 1.12 bits per heavy atom. The second-order valence-corrected chi connectivity index (χ2v) is 6.65. The Hall–Kier alpha value is -1.36. The minimum Gasteiger partial charge on any atom is -0.481 e. The van der Waals surface area contributed by atoms with Gasteiger partial charge in [-0.1, -0.05) is 57.1 Å². The van der Waals surface area contributed by atoms with Crippen LogP contribution in [-0.4, -0.2) is 35.2 Å². The van der Waals surface area contributed by atoms with Crippen LogP contribution >= 0.6 is 0 Å². The Kier molecular flexibility index (Phi) is 17.9. The molecule has 0 heterocycles. The van der Waals surface area contributed by atoms with E-state index < -0.39 is 11.9 Å². The number of carboxylic acid groups (broad SMARTS) is 2. The molecule has 0 bridgehead atoms. The van der Waals surface area contributed by atoms with Gasteiger partial charge in [-0.25, -0.2) is 0 Å². The van der Waals surface area contributed by atoms with Gasteiger partial charge in [0.15, 0.2) is 0 Å². The number of hydrogen-bond donors (Lipinski definition) is 3. The summed E-state index contributed by atoms with van der Waals surface area (Å²) >= 11 is 0. The van der Waals surface area contributed by atoms with Crippen molar-refractivity contribution in [3.8, 4) is 0 Å². The smallest absolute Gasteiger partial charge is 0.317 e. The number of unbranched alkanes of at least 4 members (excludes halogenated alkanes) is 11. The molecule has 5 nitrogen and oxygen atoms in total. The van der Waals surface area contributed by atoms with Gasteiger partial charge in [-0.3, -0.25) is 9.59 Å². The molecule has 3 N–H and O–H groups in total. The van der Waals surface area contributed by atoms with Gasteiger partial charge in [-0.2, -0.15) is 0 Å². The average molecular weight is 356 g/mol. The molecule has 0 aliphatic carbocycles. The molecule has 0 fully saturated rings. The van der Waals surface area contributed by atoms with Crippen molar-refractivity contribution < 1.29 is 19.8 Å². The Labute approximate surface area is 152 Å². The van der Waals surface area contributed by atoms with Crippen molar-refractivity contribution in [2.24, 2.45) is 0 Å². The fraction of sp³-hybridized carbons (Fsp3) is 0.800. The first-order valence-electron chi connectivity index (χ1n) is 9.92. The molecule has 0 unspecified atom stereocenters. The van der Waals surface area contributed by atoms with Crippen LogP contribution in [0.25, 0.3) is 0 Å². The SMILES string of the molecule is O=C(O)CCCCCCCC=CCCCCCCCCNCC(=O)O. The molecule has 0 atom stereocenters. The van der Waals surface area contributed by atoms with Crippen molar-refractivity contribution in [1.82, 2.24) is 5.32 Å². The maximum Gasteiger partial charge on any atom is 0.317 e. The van der Waals surface area contributed by atoms with E-state index in [2.05, 4.69) is 17.5 Å². The van der Waals surface area contributed by atoms with E-state index in [4.69, 9.17) is 10.2 Å². The topological polar surface area (TPSA) is 86.6 Å². The van der Waals surface area contributed by atoms with Gasteiger partial charge in [0, 0.05) is 6.42 Å². The first kappa shape index (κ1) is 23.6. The predicted molar refractivity (Wildman–Crippen MR) is 102 cm³/mol. The number of hydrogen-bond acceptors (Lipinski definition) is 3. The van der Waals surface area contributed by atoms with Crippen LogP contribution in [0, 0.1) is 0 Å². The summed E-state index contributed by atoms with van der Waals surface area (Å²) in [5.74, 6) is -1.47. The molecule has 0 rings (SSSR count). The molecule has 0 saturated carbocycles. The normalized spacial score (nSPS) is 11.2. The van der Waals surface area contributed by atoms with Crippen LogP contribution in [0.5, 0.6) is 0 Å². The number of rotatable bonds is 19. The zero-order valence-electron chi connectivity index (χ0n) is 15.7. The molecular formula is C20H37NO4. The standard InChI is InChI=1S/C20H37NO4/c22-19(23)16-14-12-10-8-6-4-2-1-3-5-7-9-11-13-15-17-21-18-20(24)25/h1-2,21H,3-18H2,(H,22,23)(H,24,25). The summed E-state index contributed by atoms with van der Waals surface area (Å²) in [5.41, 5.74) is 0. The zero-order chi connectivity index (χ0) is 18.6. The summed E-state index contributed by atoms with van der Waals surface area (Å²) in [6, 6.07) is 0. The first-order chi connectivity index (χ1) is 12.1. The molecule has 0 saturated heterocycles. The molecule has 0 aliphatic rings. The van der Waals surface area contributed by atoms with Gasteiger partial charge < -0.3 is 15.5 Å². The van der Waals surface area contributed by atoms with Crippen molar-refractivity contribution in [3.05, 3.63) is 12.2 Å². The second-order valence-electron chi connectivity index (χ2n) is 6.65. The molecule has 0 aromatic rings. The summed E-state index contributed by atoms with van der Waals surface area (Å²) < 4.78 is 0. The Bertz CT molecular complexity index is 356. The van der Waals surface area contributed by atoms with Crippen molar-refractivity contribution in [2.75, 3.05) is 13.1 Å². The zero-order valence-corrected chi connectivity index (χ0v) is 15.7. The number of aliphatic carboxylic acids is 2. The van der Waals surface area contributed by atoms with Crippen LogP contribution in [0.2, 0.25) is 0 Å². The first-order valence-corrected chi connectivity index (χ1v) is 9.92. The summed E-state index contributed by atoms with van der Waals surface area (Å²) in [7, 11) is 0. The number of allylic oxidation sites excluding steroid dienone is 2. The highest BCUT2D eigenvalue weighted by atomic mass is 16.4. The van der Waals surface area contributed by atoms with Crippen LogP contribution in [0.15, 0.2) is 12.2 Å². The maximum absolute atomic E-state index is 10.4. The van der Waals surface area contributed by atoms with Gasteiger partial charge >= 0.3 is 11.9 Å². The lowest BCUT2D eigenvalue weighted by molar-refractivity contribution is -0.137. The van der Waals surface area contributed by atoms with Gasteiger partial charge in [-0.15, -0.1) is 0 Å². The highest BCUT2D eigenvalue weighted by Crippen LogP contribution is 2.09. The van der Waals surface area contributed by atoms with E-state index >= 15 is 0 Å². The minimum atomic E-state index is -0.788. The molecule has 0 aliphatic heterocycles. The van der Waals surface area contributed by atoms with Gasteiger partial charge in [0.2, 0.25) is 0 Å². The van der Waals surface area contributed by atoms with Gasteiger partial charge in [0.1, 0.15) is 0 Å². The summed E-state index contributed by atoms with van der Waals surface area (Å²) in [6.07, 6.45) is 19.9. The minimum absolute atomic E-state index is 0.0665. The molecule has 0 spiro atoms. The van der Waals surface area contributed by atoms with E-state index in [1.807, 2.05) is 0 Å². The highest BCUT2D eigenvalue weighted by Gasteiger charge is 1.96. The third-order valence-electron chi connectivity index (χ3n) is 4.18. The van der Waals surface area contributed by atoms with Gasteiger partial charge in [-0.05, 0) is 45.1 Å². The van der Waals surface area contributed by atoms with E-state index in [1.165, 1.54) is 51.4 Å². The van der Waals surface area contributed by atoms with Crippen LogP contribution in [0.4, 0.5) is 0 Å². The van der Waals surface area contributed by atoms with Crippen molar-refractivity contribution in [1.29, 1.82) is 0 Å². The molecule has 0 aromatic heterocycles. The Morgan fingerprint density at radius 3 is 1.64 bits per heavy atom. The Balaban J connectivity index is 3.11. The molecular weight excluding hydrogens is 318 g/mol. The average Bonchev–Trinajstić information content (AvgIpc) is 2.56. The molecule has 0 radical (unpaired) electrons. The highest BCUT2D eigenvalue weighted by molar-refractivity contribution is 5.68. The van der Waals surface area contributed by atoms with E-state index in [-0.39, 0.29) is 6.54 Å². The maximum atomic E-state index is 10.4. The van der Waals surface area contributed by atoms with Gasteiger partial charge in [0.05, 0.1) is 6.54 Å². The number of carbonyl (C=O) groups is 2. The van der Waals surface area contributed by atoms with Crippen LogP contribution in [0.1, 0.15) is 89.9 Å². The van der Waals surface area contributed by atoms with Crippen LogP contribution in [-0.2, 0) is 9.59 Å². The largest absolute Gasteiger partial charge is 0.481 e. The molecule has 0 aromatic carbocycles. The Morgan fingerprint density at radius 1 is 0.640 bits per heavy atom. The fourth-order valence-electron chi connectivity index (χ4n) is 2.72. The molecule has 146 valence electrons. The number of nitrogens with one attached hydrogen (secondary N) is 1. The quantitative estimate of drug-likeness (QED) is 0.230. The van der Waals surface area contributed by atoms with Crippen molar-refractivity contribution in [3.63, 3.8) is 0 Å². The monoisotopic (exact) mass is 355 g/mol. The molecule has 5 heteroatoms. The van der Waals surface area contributed by atoms with Crippen molar-refractivity contribution in [2.45, 2.75) is 89.9 Å². The predicted octanol–water partition coefficient (Wildman–Crippen LogP) is 4.76. The van der Waals surface area contributed by atoms with E-state index in [0.29, 0.717) is 6.42 Å². The fourth-order valence-corrected chi connectivity index (χ4v) is 2.72. The van der Waals surface area contributed by atoms with E-state index in [1.54, 1.807) is 0 Å². The van der Waals surface area contributed by atoms with Crippen LogP contribution < -0.4 is 5.32 Å². The summed E-state index contributed by atoms with van der Waals surface area (Å²) in [5, 5.41) is 19.9. The summed E-state index contributed by atoms with van der Waals surface area (Å²) in [4.78, 5) is 20.7. The van der Waals surface area contributed by atoms with E-state index in [0.717, 1.165) is 38.6 Å². The third-order valence-corrected chi connectivity index (χ3v) is 4.18. The number of carboxylic acids is 2. The lowest BCUT2D eigenvalue weighted by atomic mass is 10.1. The van der Waals surface area contributed by atoms with E-state index in [9.17, 15) is 9.59 Å². The summed E-state index contributed by atoms with van der Waals surface area (Å²) in [6.45, 7) is 0.867.